The number of carbonyl (C=O) groups excluding carboxylic acids is 1. The highest BCUT2D eigenvalue weighted by Gasteiger charge is 2.39. The van der Waals surface area contributed by atoms with Gasteiger partial charge in [-0.25, -0.2) is 0 Å². The zero-order valence-electron chi connectivity index (χ0n) is 17.6. The summed E-state index contributed by atoms with van der Waals surface area (Å²) in [5.74, 6) is 2.32. The average Bonchev–Trinajstić information content (AvgIpc) is 2.83. The normalized spacial score (nSPS) is 18.4. The molecule has 0 aromatic heterocycles. The number of rotatable bonds is 5. The van der Waals surface area contributed by atoms with Gasteiger partial charge in [-0.3, -0.25) is 9.69 Å². The standard InChI is InChI=1S/C23H23N3O4S/c1-28-15-8-9-19(21(10-15)30-3)25-13-26-22(27)11-17(18(12-24)23(26)31-14-25)16-6-4-5-7-20(16)29-2/h4-10,17H,11,13-14H2,1-3H3. The van der Waals surface area contributed by atoms with E-state index in [1.165, 1.54) is 11.8 Å². The van der Waals surface area contributed by atoms with E-state index in [9.17, 15) is 10.1 Å². The summed E-state index contributed by atoms with van der Waals surface area (Å²) in [6.07, 6.45) is 0.223. The molecular weight excluding hydrogens is 414 g/mol. The number of benzene rings is 2. The molecule has 0 saturated carbocycles. The van der Waals surface area contributed by atoms with Crippen LogP contribution in [0, 0.1) is 11.3 Å². The summed E-state index contributed by atoms with van der Waals surface area (Å²) < 4.78 is 16.3. The minimum atomic E-state index is -0.311. The number of anilines is 1. The molecule has 1 amide bonds. The second-order valence-electron chi connectivity index (χ2n) is 7.14. The van der Waals surface area contributed by atoms with Crippen molar-refractivity contribution in [3.05, 3.63) is 58.6 Å². The first-order chi connectivity index (χ1) is 15.1. The summed E-state index contributed by atoms with van der Waals surface area (Å²) in [6, 6.07) is 15.5. The van der Waals surface area contributed by atoms with Gasteiger partial charge in [0, 0.05) is 24.0 Å². The number of amides is 1. The van der Waals surface area contributed by atoms with E-state index in [-0.39, 0.29) is 18.2 Å². The van der Waals surface area contributed by atoms with E-state index in [0.29, 0.717) is 35.4 Å². The van der Waals surface area contributed by atoms with Gasteiger partial charge >= 0.3 is 0 Å². The summed E-state index contributed by atoms with van der Waals surface area (Å²) in [5, 5.41) is 10.7. The van der Waals surface area contributed by atoms with E-state index in [4.69, 9.17) is 14.2 Å². The second kappa shape index (κ2) is 8.82. The molecule has 8 heteroatoms. The van der Waals surface area contributed by atoms with Crippen molar-refractivity contribution in [2.75, 3.05) is 38.8 Å². The number of fused-ring (bicyclic) bond motifs is 1. The van der Waals surface area contributed by atoms with Crippen molar-refractivity contribution >= 4 is 23.4 Å². The number of para-hydroxylation sites is 1. The third-order valence-electron chi connectivity index (χ3n) is 5.54. The molecule has 1 unspecified atom stereocenters. The fraction of sp³-hybridized carbons (Fsp3) is 0.304. The molecule has 0 radical (unpaired) electrons. The van der Waals surface area contributed by atoms with Crippen molar-refractivity contribution in [1.82, 2.24) is 4.90 Å². The lowest BCUT2D eigenvalue weighted by atomic mass is 9.86. The fourth-order valence-corrected chi connectivity index (χ4v) is 5.14. The number of nitriles is 1. The molecule has 2 aromatic carbocycles. The van der Waals surface area contributed by atoms with Gasteiger partial charge in [-0.05, 0) is 18.2 Å². The summed E-state index contributed by atoms with van der Waals surface area (Å²) in [7, 11) is 4.82. The van der Waals surface area contributed by atoms with Crippen LogP contribution in [0.2, 0.25) is 0 Å². The van der Waals surface area contributed by atoms with Gasteiger partial charge in [0.25, 0.3) is 0 Å². The van der Waals surface area contributed by atoms with Crippen molar-refractivity contribution < 1.29 is 19.0 Å². The Kier molecular flexibility index (Phi) is 5.96. The smallest absolute Gasteiger partial charge is 0.229 e. The fourth-order valence-electron chi connectivity index (χ4n) is 3.98. The van der Waals surface area contributed by atoms with E-state index in [1.54, 1.807) is 26.2 Å². The predicted molar refractivity (Wildman–Crippen MR) is 119 cm³/mol. The maximum Gasteiger partial charge on any atom is 0.229 e. The number of methoxy groups -OCH3 is 3. The Morgan fingerprint density at radius 3 is 2.55 bits per heavy atom. The molecule has 1 fully saturated rings. The van der Waals surface area contributed by atoms with E-state index in [0.717, 1.165) is 16.3 Å². The van der Waals surface area contributed by atoms with Gasteiger partial charge in [0.1, 0.15) is 17.2 Å². The molecule has 4 rings (SSSR count). The van der Waals surface area contributed by atoms with Gasteiger partial charge in [-0.1, -0.05) is 30.0 Å². The monoisotopic (exact) mass is 437 g/mol. The van der Waals surface area contributed by atoms with Gasteiger partial charge in [-0.2, -0.15) is 5.26 Å². The number of ether oxygens (including phenoxy) is 3. The topological polar surface area (TPSA) is 75.0 Å². The molecule has 2 aliphatic rings. The number of carbonyl (C=O) groups is 1. The lowest BCUT2D eigenvalue weighted by molar-refractivity contribution is -0.129. The van der Waals surface area contributed by atoms with Crippen molar-refractivity contribution in [3.8, 4) is 23.3 Å². The van der Waals surface area contributed by atoms with Gasteiger partial charge < -0.3 is 19.1 Å². The van der Waals surface area contributed by atoms with Crippen LogP contribution in [0.1, 0.15) is 17.9 Å². The minimum Gasteiger partial charge on any atom is -0.497 e. The molecule has 2 aliphatic heterocycles. The summed E-state index contributed by atoms with van der Waals surface area (Å²) >= 11 is 1.49. The Balaban J connectivity index is 1.68. The van der Waals surface area contributed by atoms with Crippen LogP contribution in [0.25, 0.3) is 0 Å². The SMILES string of the molecule is COc1ccc(N2CSC3=C(C#N)C(c4ccccc4OC)CC(=O)N3C2)c(OC)c1. The molecule has 160 valence electrons. The van der Waals surface area contributed by atoms with Gasteiger partial charge in [0.05, 0.1) is 56.2 Å². The molecule has 0 spiro atoms. The van der Waals surface area contributed by atoms with Crippen LogP contribution in [-0.2, 0) is 4.79 Å². The summed E-state index contributed by atoms with van der Waals surface area (Å²) in [6.45, 7) is 0.355. The zero-order chi connectivity index (χ0) is 22.0. The van der Waals surface area contributed by atoms with Crippen LogP contribution in [-0.4, -0.2) is 44.7 Å². The maximum absolute atomic E-state index is 13.2. The van der Waals surface area contributed by atoms with E-state index in [2.05, 4.69) is 11.0 Å². The van der Waals surface area contributed by atoms with E-state index < -0.39 is 0 Å². The molecule has 2 aromatic rings. The largest absolute Gasteiger partial charge is 0.497 e. The summed E-state index contributed by atoms with van der Waals surface area (Å²) in [4.78, 5) is 16.9. The molecule has 0 aliphatic carbocycles. The average molecular weight is 438 g/mol. The van der Waals surface area contributed by atoms with Crippen molar-refractivity contribution in [1.29, 1.82) is 5.26 Å². The highest BCUT2D eigenvalue weighted by Crippen LogP contribution is 2.46. The van der Waals surface area contributed by atoms with E-state index >= 15 is 0 Å². The first-order valence-corrected chi connectivity index (χ1v) is 10.8. The number of nitrogens with zero attached hydrogens (tertiary/aromatic N) is 3. The molecule has 31 heavy (non-hydrogen) atoms. The van der Waals surface area contributed by atoms with E-state index in [1.807, 2.05) is 42.5 Å². The lowest BCUT2D eigenvalue weighted by Gasteiger charge is -2.42. The van der Waals surface area contributed by atoms with Gasteiger partial charge in [0.2, 0.25) is 5.91 Å². The predicted octanol–water partition coefficient (Wildman–Crippen LogP) is 3.93. The van der Waals surface area contributed by atoms with Crippen LogP contribution in [0.15, 0.2) is 53.1 Å². The number of thioether (sulfide) groups is 1. The minimum absolute atomic E-state index is 0.0189. The molecule has 7 nitrogen and oxygen atoms in total. The Morgan fingerprint density at radius 1 is 1.06 bits per heavy atom. The quantitative estimate of drug-likeness (QED) is 0.701. The Morgan fingerprint density at radius 2 is 1.84 bits per heavy atom. The number of allylic oxidation sites excluding steroid dienone is 1. The molecule has 0 N–H and O–H groups in total. The van der Waals surface area contributed by atoms with Gasteiger partial charge in [-0.15, -0.1) is 0 Å². The third kappa shape index (κ3) is 3.77. The van der Waals surface area contributed by atoms with Crippen molar-refractivity contribution in [2.45, 2.75) is 12.3 Å². The Hall–Kier alpha value is -3.31. The molecular formula is C23H23N3O4S. The maximum atomic E-state index is 13.2. The number of hydrogen-bond acceptors (Lipinski definition) is 7. The summed E-state index contributed by atoms with van der Waals surface area (Å²) in [5.41, 5.74) is 2.34. The highest BCUT2D eigenvalue weighted by molar-refractivity contribution is 8.03. The van der Waals surface area contributed by atoms with Crippen molar-refractivity contribution in [2.24, 2.45) is 0 Å². The lowest BCUT2D eigenvalue weighted by Crippen LogP contribution is -2.47. The van der Waals surface area contributed by atoms with Crippen LogP contribution in [0.4, 0.5) is 5.69 Å². The Bertz CT molecular complexity index is 1080. The van der Waals surface area contributed by atoms with Crippen molar-refractivity contribution in [3.63, 3.8) is 0 Å². The third-order valence-corrected chi connectivity index (χ3v) is 6.69. The van der Waals surface area contributed by atoms with Crippen LogP contribution in [0.3, 0.4) is 0 Å². The first-order valence-electron chi connectivity index (χ1n) is 9.78. The van der Waals surface area contributed by atoms with Crippen LogP contribution >= 0.6 is 11.8 Å². The molecule has 0 bridgehead atoms. The first kappa shape index (κ1) is 20.9. The number of hydrogen-bond donors (Lipinski definition) is 0. The second-order valence-corrected chi connectivity index (χ2v) is 8.08. The van der Waals surface area contributed by atoms with Gasteiger partial charge in [0.15, 0.2) is 0 Å². The zero-order valence-corrected chi connectivity index (χ0v) is 18.4. The highest BCUT2D eigenvalue weighted by atomic mass is 32.2. The molecule has 2 heterocycles. The van der Waals surface area contributed by atoms with Crippen LogP contribution in [0.5, 0.6) is 17.2 Å². The Labute approximate surface area is 185 Å². The van der Waals surface area contributed by atoms with Crippen LogP contribution < -0.4 is 19.1 Å². The molecule has 1 atom stereocenters. The molecule has 1 saturated heterocycles.